The van der Waals surface area contributed by atoms with Crippen LogP contribution in [0.1, 0.15) is 11.3 Å². The third-order valence-electron chi connectivity index (χ3n) is 4.26. The number of pyridine rings is 1. The van der Waals surface area contributed by atoms with Crippen molar-refractivity contribution in [1.82, 2.24) is 10.3 Å². The molecule has 7 heteroatoms. The van der Waals surface area contributed by atoms with Crippen LogP contribution in [0.3, 0.4) is 0 Å². The second-order valence-electron chi connectivity index (χ2n) is 6.26. The molecule has 28 heavy (non-hydrogen) atoms. The second-order valence-corrected chi connectivity index (χ2v) is 6.26. The molecule has 0 aliphatic rings. The van der Waals surface area contributed by atoms with Gasteiger partial charge in [0.1, 0.15) is 17.7 Å². The summed E-state index contributed by atoms with van der Waals surface area (Å²) in [6.07, 6.45) is -0.208. The Labute approximate surface area is 160 Å². The molecule has 0 bridgehead atoms. The smallest absolute Gasteiger partial charge is 0.328 e. The Hall–Kier alpha value is -3.35. The normalized spacial score (nSPS) is 11.8. The highest BCUT2D eigenvalue weighted by molar-refractivity contribution is 5.86. The lowest BCUT2D eigenvalue weighted by molar-refractivity contribution is -0.145. The quantitative estimate of drug-likeness (QED) is 0.664. The second kappa shape index (κ2) is 8.56. The van der Waals surface area contributed by atoms with Gasteiger partial charge in [0.2, 0.25) is 5.91 Å². The van der Waals surface area contributed by atoms with E-state index in [1.807, 2.05) is 30.3 Å². The number of rotatable bonds is 6. The molecule has 0 saturated heterocycles. The third kappa shape index (κ3) is 4.68. The van der Waals surface area contributed by atoms with Crippen molar-refractivity contribution in [3.63, 3.8) is 0 Å². The third-order valence-corrected chi connectivity index (χ3v) is 4.26. The van der Waals surface area contributed by atoms with E-state index in [9.17, 15) is 18.4 Å². The number of hydrogen-bond donors (Lipinski definition) is 1. The lowest BCUT2D eigenvalue weighted by atomic mass is 10.1. The number of benzene rings is 2. The molecule has 0 fully saturated rings. The number of methoxy groups -OCH3 is 1. The van der Waals surface area contributed by atoms with E-state index in [1.165, 1.54) is 13.2 Å². The number of halogens is 2. The number of hydrogen-bond acceptors (Lipinski definition) is 4. The van der Waals surface area contributed by atoms with Crippen LogP contribution in [0, 0.1) is 11.6 Å². The topological polar surface area (TPSA) is 68.3 Å². The van der Waals surface area contributed by atoms with Crippen molar-refractivity contribution in [1.29, 1.82) is 0 Å². The first-order valence-electron chi connectivity index (χ1n) is 8.62. The molecule has 3 aromatic rings. The van der Waals surface area contributed by atoms with Crippen molar-refractivity contribution >= 4 is 22.8 Å². The standard InChI is InChI=1S/C21H18F2N2O3/c1-28-21(27)19(12-16-9-7-13-4-2-3-5-18(13)24-16)25-20(26)10-14-6-8-15(22)11-17(14)23/h2-9,11,19H,10,12H2,1H3,(H,25,26)/t19-/m0/s1. The number of amides is 1. The molecule has 1 aromatic heterocycles. The fourth-order valence-electron chi connectivity index (χ4n) is 2.85. The minimum Gasteiger partial charge on any atom is -0.467 e. The lowest BCUT2D eigenvalue weighted by Crippen LogP contribution is -2.43. The molecule has 1 heterocycles. The van der Waals surface area contributed by atoms with Gasteiger partial charge in [0.15, 0.2) is 0 Å². The van der Waals surface area contributed by atoms with Crippen molar-refractivity contribution in [3.05, 3.63) is 77.5 Å². The highest BCUT2D eigenvalue weighted by Gasteiger charge is 2.23. The summed E-state index contributed by atoms with van der Waals surface area (Å²) in [4.78, 5) is 28.9. The molecule has 3 rings (SSSR count). The zero-order valence-corrected chi connectivity index (χ0v) is 15.1. The molecule has 0 aliphatic heterocycles. The van der Waals surface area contributed by atoms with Gasteiger partial charge in [-0.15, -0.1) is 0 Å². The highest BCUT2D eigenvalue weighted by atomic mass is 19.1. The number of ether oxygens (including phenoxy) is 1. The van der Waals surface area contributed by atoms with Crippen molar-refractivity contribution in [3.8, 4) is 0 Å². The lowest BCUT2D eigenvalue weighted by Gasteiger charge is -2.16. The Morgan fingerprint density at radius 2 is 1.89 bits per heavy atom. The largest absolute Gasteiger partial charge is 0.467 e. The van der Waals surface area contributed by atoms with Crippen LogP contribution in [0.5, 0.6) is 0 Å². The first-order chi connectivity index (χ1) is 13.5. The fraction of sp³-hybridized carbons (Fsp3) is 0.190. The average molecular weight is 384 g/mol. The van der Waals surface area contributed by atoms with Gasteiger partial charge in [0.05, 0.1) is 19.0 Å². The van der Waals surface area contributed by atoms with Gasteiger partial charge in [-0.25, -0.2) is 13.6 Å². The molecule has 5 nitrogen and oxygen atoms in total. The maximum atomic E-state index is 13.7. The van der Waals surface area contributed by atoms with Crippen molar-refractivity contribution in [2.75, 3.05) is 7.11 Å². The molecule has 144 valence electrons. The summed E-state index contributed by atoms with van der Waals surface area (Å²) in [6.45, 7) is 0. The number of carbonyl (C=O) groups is 2. The number of aromatic nitrogens is 1. The van der Waals surface area contributed by atoms with Gasteiger partial charge in [-0.3, -0.25) is 9.78 Å². The van der Waals surface area contributed by atoms with E-state index in [0.717, 1.165) is 17.0 Å². The monoisotopic (exact) mass is 384 g/mol. The van der Waals surface area contributed by atoms with Gasteiger partial charge in [-0.05, 0) is 23.8 Å². The molecular weight excluding hydrogens is 366 g/mol. The van der Waals surface area contributed by atoms with Crippen molar-refractivity contribution in [2.24, 2.45) is 0 Å². The summed E-state index contributed by atoms with van der Waals surface area (Å²) >= 11 is 0. The maximum Gasteiger partial charge on any atom is 0.328 e. The van der Waals surface area contributed by atoms with Crippen LogP contribution in [-0.4, -0.2) is 30.0 Å². The number of nitrogens with zero attached hydrogens (tertiary/aromatic N) is 1. The van der Waals surface area contributed by atoms with E-state index >= 15 is 0 Å². The van der Waals surface area contributed by atoms with Gasteiger partial charge >= 0.3 is 5.97 Å². The zero-order chi connectivity index (χ0) is 20.1. The molecule has 0 aliphatic carbocycles. The van der Waals surface area contributed by atoms with Crippen LogP contribution in [-0.2, 0) is 27.2 Å². The molecule has 1 atom stereocenters. The van der Waals surface area contributed by atoms with Crippen LogP contribution in [0.4, 0.5) is 8.78 Å². The minimum atomic E-state index is -0.977. The summed E-state index contributed by atoms with van der Waals surface area (Å²) in [5, 5.41) is 3.50. The molecule has 1 amide bonds. The fourth-order valence-corrected chi connectivity index (χ4v) is 2.85. The average Bonchev–Trinajstić information content (AvgIpc) is 2.69. The van der Waals surface area contributed by atoms with E-state index < -0.39 is 29.6 Å². The number of carbonyl (C=O) groups excluding carboxylic acids is 2. The van der Waals surface area contributed by atoms with Crippen molar-refractivity contribution in [2.45, 2.75) is 18.9 Å². The first-order valence-corrected chi connectivity index (χ1v) is 8.62. The van der Waals surface area contributed by atoms with E-state index in [0.29, 0.717) is 11.8 Å². The zero-order valence-electron chi connectivity index (χ0n) is 15.1. The van der Waals surface area contributed by atoms with E-state index in [-0.39, 0.29) is 18.4 Å². The van der Waals surface area contributed by atoms with Crippen LogP contribution < -0.4 is 5.32 Å². The summed E-state index contributed by atoms with van der Waals surface area (Å²) in [5.74, 6) is -2.76. The Bertz CT molecular complexity index is 1020. The van der Waals surface area contributed by atoms with E-state index in [2.05, 4.69) is 10.3 Å². The summed E-state index contributed by atoms with van der Waals surface area (Å²) in [5.41, 5.74) is 1.40. The summed E-state index contributed by atoms with van der Waals surface area (Å²) in [6, 6.07) is 13.2. The Balaban J connectivity index is 1.73. The molecule has 0 spiro atoms. The van der Waals surface area contributed by atoms with E-state index in [4.69, 9.17) is 4.74 Å². The van der Waals surface area contributed by atoms with Crippen LogP contribution in [0.2, 0.25) is 0 Å². The first kappa shape index (κ1) is 19.4. The predicted molar refractivity (Wildman–Crippen MR) is 99.5 cm³/mol. The van der Waals surface area contributed by atoms with Gasteiger partial charge in [-0.1, -0.05) is 30.3 Å². The van der Waals surface area contributed by atoms with Gasteiger partial charge < -0.3 is 10.1 Å². The maximum absolute atomic E-state index is 13.7. The van der Waals surface area contributed by atoms with Crippen LogP contribution >= 0.6 is 0 Å². The van der Waals surface area contributed by atoms with Gasteiger partial charge in [-0.2, -0.15) is 0 Å². The summed E-state index contributed by atoms with van der Waals surface area (Å²) in [7, 11) is 1.22. The molecule has 0 saturated carbocycles. The number of esters is 1. The SMILES string of the molecule is COC(=O)[C@H](Cc1ccc2ccccc2n1)NC(=O)Cc1ccc(F)cc1F. The molecule has 0 radical (unpaired) electrons. The molecular formula is C21H18F2N2O3. The molecule has 0 unspecified atom stereocenters. The minimum absolute atomic E-state index is 0.0337. The number of para-hydroxylation sites is 1. The van der Waals surface area contributed by atoms with Crippen LogP contribution in [0.25, 0.3) is 10.9 Å². The van der Waals surface area contributed by atoms with Gasteiger partial charge in [0, 0.05) is 23.6 Å². The van der Waals surface area contributed by atoms with Crippen LogP contribution in [0.15, 0.2) is 54.6 Å². The van der Waals surface area contributed by atoms with Gasteiger partial charge in [0.25, 0.3) is 0 Å². The Morgan fingerprint density at radius 1 is 1.11 bits per heavy atom. The number of nitrogens with one attached hydrogen (secondary N) is 1. The van der Waals surface area contributed by atoms with E-state index in [1.54, 1.807) is 6.07 Å². The molecule has 1 N–H and O–H groups in total. The predicted octanol–water partition coefficient (Wildman–Crippen LogP) is 2.96. The highest BCUT2D eigenvalue weighted by Crippen LogP contribution is 2.14. The molecule has 2 aromatic carbocycles. The van der Waals surface area contributed by atoms with Crippen molar-refractivity contribution < 1.29 is 23.1 Å². The Morgan fingerprint density at radius 3 is 2.64 bits per heavy atom. The number of fused-ring (bicyclic) bond motifs is 1. The Kier molecular flexibility index (Phi) is 5.93. The summed E-state index contributed by atoms with van der Waals surface area (Å²) < 4.78 is 31.5.